The van der Waals surface area contributed by atoms with E-state index in [0.717, 1.165) is 25.3 Å². The molecule has 0 radical (unpaired) electrons. The molecule has 1 aromatic carbocycles. The summed E-state index contributed by atoms with van der Waals surface area (Å²) in [5.41, 5.74) is 0.501. The molecule has 0 aliphatic carbocycles. The molecule has 144 valence electrons. The number of hydrogen-bond donors (Lipinski definition) is 2. The van der Waals surface area contributed by atoms with Crippen molar-refractivity contribution in [2.24, 2.45) is 4.99 Å². The summed E-state index contributed by atoms with van der Waals surface area (Å²) in [6.45, 7) is 6.69. The molecule has 2 aromatic rings. The van der Waals surface area contributed by atoms with E-state index in [0.29, 0.717) is 36.1 Å². The van der Waals surface area contributed by atoms with E-state index in [1.807, 2.05) is 18.4 Å². The summed E-state index contributed by atoms with van der Waals surface area (Å²) in [5, 5.41) is 14.9. The van der Waals surface area contributed by atoms with Gasteiger partial charge in [-0.15, -0.1) is 34.2 Å². The van der Waals surface area contributed by atoms with Gasteiger partial charge in [0.2, 0.25) is 0 Å². The van der Waals surface area contributed by atoms with Crippen LogP contribution < -0.4 is 10.6 Å². The van der Waals surface area contributed by atoms with Gasteiger partial charge in [-0.3, -0.25) is 4.99 Å². The first kappa shape index (κ1) is 22.6. The van der Waals surface area contributed by atoms with Crippen molar-refractivity contribution in [1.29, 1.82) is 0 Å². The number of halogens is 3. The van der Waals surface area contributed by atoms with Gasteiger partial charge in [0.15, 0.2) is 5.96 Å². The highest BCUT2D eigenvalue weighted by Crippen LogP contribution is 2.19. The summed E-state index contributed by atoms with van der Waals surface area (Å²) in [6, 6.07) is 4.71. The predicted octanol–water partition coefficient (Wildman–Crippen LogP) is 3.05. The lowest BCUT2D eigenvalue weighted by Gasteiger charge is -2.12. The molecular weight excluding hydrogens is 470 g/mol. The van der Waals surface area contributed by atoms with Gasteiger partial charge in [-0.1, -0.05) is 24.6 Å². The Kier molecular flexibility index (Phi) is 10.5. The lowest BCUT2D eigenvalue weighted by Crippen LogP contribution is -2.39. The Labute approximate surface area is 175 Å². The van der Waals surface area contributed by atoms with E-state index in [2.05, 4.69) is 25.8 Å². The molecular formula is C17H25ClFIN6. The standard InChI is InChI=1S/C17H24ClFN6.HI/c1-3-16-24-23-12-25(16)11-10-22-17(20-4-2)21-9-8-13-14(18)6-5-7-15(13)19;/h5-7,12H,3-4,8-11H2,1-2H3,(H2,20,21,22);1H. The van der Waals surface area contributed by atoms with Crippen LogP contribution in [0.5, 0.6) is 0 Å². The summed E-state index contributed by atoms with van der Waals surface area (Å²) >= 11 is 6.04. The minimum absolute atomic E-state index is 0. The molecule has 1 aromatic heterocycles. The van der Waals surface area contributed by atoms with Crippen LogP contribution in [-0.4, -0.2) is 40.4 Å². The SMILES string of the molecule is CCNC(=NCCc1c(F)cccc1Cl)NCCn1cnnc1CC.I. The van der Waals surface area contributed by atoms with Crippen LogP contribution in [0, 0.1) is 5.82 Å². The topological polar surface area (TPSA) is 67.1 Å². The van der Waals surface area contributed by atoms with Crippen molar-refractivity contribution in [1.82, 2.24) is 25.4 Å². The largest absolute Gasteiger partial charge is 0.357 e. The number of nitrogens with zero attached hydrogens (tertiary/aromatic N) is 4. The first-order valence-electron chi connectivity index (χ1n) is 8.47. The van der Waals surface area contributed by atoms with Crippen LogP contribution in [-0.2, 0) is 19.4 Å². The number of aromatic nitrogens is 3. The van der Waals surface area contributed by atoms with Gasteiger partial charge < -0.3 is 15.2 Å². The van der Waals surface area contributed by atoms with E-state index >= 15 is 0 Å². The third kappa shape index (κ3) is 6.71. The summed E-state index contributed by atoms with van der Waals surface area (Å²) in [4.78, 5) is 4.48. The number of rotatable bonds is 8. The van der Waals surface area contributed by atoms with Crippen molar-refractivity contribution in [2.75, 3.05) is 19.6 Å². The van der Waals surface area contributed by atoms with Gasteiger partial charge in [-0.2, -0.15) is 0 Å². The molecule has 0 aliphatic rings. The first-order valence-corrected chi connectivity index (χ1v) is 8.85. The second-order valence-corrected chi connectivity index (χ2v) is 5.84. The lowest BCUT2D eigenvalue weighted by atomic mass is 10.1. The highest BCUT2D eigenvalue weighted by Gasteiger charge is 2.06. The van der Waals surface area contributed by atoms with Crippen molar-refractivity contribution in [2.45, 2.75) is 33.2 Å². The Bertz CT molecular complexity index is 686. The molecule has 26 heavy (non-hydrogen) atoms. The van der Waals surface area contributed by atoms with Crippen LogP contribution in [0.25, 0.3) is 0 Å². The second-order valence-electron chi connectivity index (χ2n) is 5.43. The Morgan fingerprint density at radius 3 is 2.81 bits per heavy atom. The molecule has 6 nitrogen and oxygen atoms in total. The maximum absolute atomic E-state index is 13.8. The molecule has 0 amide bonds. The van der Waals surface area contributed by atoms with E-state index in [9.17, 15) is 4.39 Å². The van der Waals surface area contributed by atoms with Crippen molar-refractivity contribution in [3.63, 3.8) is 0 Å². The molecule has 0 saturated carbocycles. The fourth-order valence-corrected chi connectivity index (χ4v) is 2.68. The molecule has 2 rings (SSSR count). The Balaban J connectivity index is 0.00000338. The number of benzene rings is 1. The Hall–Kier alpha value is -1.42. The predicted molar refractivity (Wildman–Crippen MR) is 114 cm³/mol. The smallest absolute Gasteiger partial charge is 0.191 e. The number of aryl methyl sites for hydroxylation is 1. The van der Waals surface area contributed by atoms with Gasteiger partial charge in [0.1, 0.15) is 18.0 Å². The second kappa shape index (κ2) is 12.1. The third-order valence-corrected chi connectivity index (χ3v) is 4.05. The number of guanidine groups is 1. The van der Waals surface area contributed by atoms with Crippen LogP contribution in [0.4, 0.5) is 4.39 Å². The maximum Gasteiger partial charge on any atom is 0.191 e. The van der Waals surface area contributed by atoms with E-state index in [-0.39, 0.29) is 29.8 Å². The van der Waals surface area contributed by atoms with Crippen molar-refractivity contribution in [3.05, 3.63) is 46.8 Å². The molecule has 2 N–H and O–H groups in total. The van der Waals surface area contributed by atoms with Gasteiger partial charge in [0.05, 0.1) is 0 Å². The van der Waals surface area contributed by atoms with E-state index < -0.39 is 0 Å². The summed E-state index contributed by atoms with van der Waals surface area (Å²) in [6.07, 6.45) is 3.02. The molecule has 0 bridgehead atoms. The van der Waals surface area contributed by atoms with E-state index in [4.69, 9.17) is 11.6 Å². The van der Waals surface area contributed by atoms with E-state index in [1.54, 1.807) is 18.5 Å². The minimum Gasteiger partial charge on any atom is -0.357 e. The molecule has 1 heterocycles. The zero-order valence-electron chi connectivity index (χ0n) is 15.0. The zero-order valence-corrected chi connectivity index (χ0v) is 18.1. The van der Waals surface area contributed by atoms with Crippen LogP contribution >= 0.6 is 35.6 Å². The van der Waals surface area contributed by atoms with E-state index in [1.165, 1.54) is 6.07 Å². The molecule has 0 unspecified atom stereocenters. The fraction of sp³-hybridized carbons (Fsp3) is 0.471. The third-order valence-electron chi connectivity index (χ3n) is 3.69. The van der Waals surface area contributed by atoms with Crippen LogP contribution in [0.1, 0.15) is 25.2 Å². The van der Waals surface area contributed by atoms with Crippen LogP contribution in [0.2, 0.25) is 5.02 Å². The van der Waals surface area contributed by atoms with Gasteiger partial charge in [0, 0.05) is 43.2 Å². The first-order chi connectivity index (χ1) is 12.2. The highest BCUT2D eigenvalue weighted by atomic mass is 127. The normalized spacial score (nSPS) is 11.2. The van der Waals surface area contributed by atoms with Crippen LogP contribution in [0.15, 0.2) is 29.5 Å². The molecule has 0 spiro atoms. The van der Waals surface area contributed by atoms with Gasteiger partial charge in [-0.25, -0.2) is 4.39 Å². The van der Waals surface area contributed by atoms with Crippen molar-refractivity contribution >= 4 is 41.5 Å². The molecule has 0 saturated heterocycles. The number of hydrogen-bond acceptors (Lipinski definition) is 3. The summed E-state index contributed by atoms with van der Waals surface area (Å²) < 4.78 is 15.8. The van der Waals surface area contributed by atoms with Gasteiger partial charge in [0.25, 0.3) is 0 Å². The maximum atomic E-state index is 13.8. The summed E-state index contributed by atoms with van der Waals surface area (Å²) in [7, 11) is 0. The Morgan fingerprint density at radius 2 is 2.12 bits per heavy atom. The van der Waals surface area contributed by atoms with Crippen molar-refractivity contribution in [3.8, 4) is 0 Å². The van der Waals surface area contributed by atoms with Gasteiger partial charge in [-0.05, 0) is 25.5 Å². The van der Waals surface area contributed by atoms with Crippen molar-refractivity contribution < 1.29 is 4.39 Å². The summed E-state index contributed by atoms with van der Waals surface area (Å²) in [5.74, 6) is 1.36. The molecule has 9 heteroatoms. The quantitative estimate of drug-likeness (QED) is 0.336. The number of aliphatic imine (C=N–C) groups is 1. The lowest BCUT2D eigenvalue weighted by molar-refractivity contribution is 0.609. The molecule has 0 atom stereocenters. The highest BCUT2D eigenvalue weighted by molar-refractivity contribution is 14.0. The average molecular weight is 495 g/mol. The number of nitrogens with one attached hydrogen (secondary N) is 2. The molecule has 0 aliphatic heterocycles. The molecule has 0 fully saturated rings. The minimum atomic E-state index is -0.291. The Morgan fingerprint density at radius 1 is 1.31 bits per heavy atom. The monoisotopic (exact) mass is 494 g/mol. The van der Waals surface area contributed by atoms with Gasteiger partial charge >= 0.3 is 0 Å². The zero-order chi connectivity index (χ0) is 18.1. The average Bonchev–Trinajstić information content (AvgIpc) is 3.05. The van der Waals surface area contributed by atoms with Crippen LogP contribution in [0.3, 0.4) is 0 Å². The fourth-order valence-electron chi connectivity index (χ4n) is 2.43.